The Hall–Kier alpha value is -2.84. The number of nitrogens with one attached hydrogen (secondary N) is 1. The van der Waals surface area contributed by atoms with E-state index in [1.165, 1.54) is 18.9 Å². The summed E-state index contributed by atoms with van der Waals surface area (Å²) >= 11 is 7.30. The first-order chi connectivity index (χ1) is 13.6. The Labute approximate surface area is 170 Å². The van der Waals surface area contributed by atoms with Crippen molar-refractivity contribution in [3.8, 4) is 5.75 Å². The molecule has 0 bridgehead atoms. The zero-order valence-electron chi connectivity index (χ0n) is 15.1. The van der Waals surface area contributed by atoms with E-state index in [2.05, 4.69) is 20.5 Å². The minimum absolute atomic E-state index is 0.154. The number of thioether (sulfide) groups is 1. The number of amides is 1. The number of hydrogen-bond donors (Lipinski definition) is 1. The second kappa shape index (κ2) is 7.65. The average Bonchev–Trinajstić information content (AvgIpc) is 2.99. The zero-order chi connectivity index (χ0) is 19.7. The summed E-state index contributed by atoms with van der Waals surface area (Å²) in [4.78, 5) is 16.8. The van der Waals surface area contributed by atoms with Crippen molar-refractivity contribution < 1.29 is 9.53 Å². The number of ether oxygens (including phenoxy) is 1. The van der Waals surface area contributed by atoms with E-state index in [9.17, 15) is 4.79 Å². The molecule has 0 aliphatic rings. The lowest BCUT2D eigenvalue weighted by Crippen LogP contribution is -2.14. The van der Waals surface area contributed by atoms with E-state index in [0.717, 1.165) is 22.1 Å². The molecule has 7 nitrogen and oxygen atoms in total. The molecule has 0 saturated carbocycles. The first kappa shape index (κ1) is 18.5. The summed E-state index contributed by atoms with van der Waals surface area (Å²) in [6, 6.07) is 13.0. The van der Waals surface area contributed by atoms with Crippen LogP contribution in [0.5, 0.6) is 5.75 Å². The van der Waals surface area contributed by atoms with Crippen LogP contribution in [0, 0.1) is 0 Å². The molecule has 4 aromatic rings. The molecule has 0 spiro atoms. The number of fused-ring (bicyclic) bond motifs is 3. The highest BCUT2D eigenvalue weighted by molar-refractivity contribution is 7.99. The highest BCUT2D eigenvalue weighted by Gasteiger charge is 2.13. The van der Waals surface area contributed by atoms with Crippen LogP contribution >= 0.6 is 23.4 Å². The molecule has 0 aliphatic carbocycles. The summed E-state index contributed by atoms with van der Waals surface area (Å²) in [5.41, 5.74) is 3.12. The van der Waals surface area contributed by atoms with Crippen LogP contribution in [0.1, 0.15) is 0 Å². The molecular weight excluding hydrogens is 398 g/mol. The van der Waals surface area contributed by atoms with E-state index in [-0.39, 0.29) is 11.7 Å². The van der Waals surface area contributed by atoms with Gasteiger partial charge in [0.05, 0.1) is 23.4 Å². The molecule has 0 unspecified atom stereocenters. The van der Waals surface area contributed by atoms with E-state index in [4.69, 9.17) is 16.3 Å². The predicted octanol–water partition coefficient (Wildman–Crippen LogP) is 3.91. The van der Waals surface area contributed by atoms with Gasteiger partial charge < -0.3 is 14.6 Å². The molecule has 1 N–H and O–H groups in total. The van der Waals surface area contributed by atoms with Crippen LogP contribution in [0.15, 0.2) is 47.6 Å². The highest BCUT2D eigenvalue weighted by Crippen LogP contribution is 2.28. The number of carbonyl (C=O) groups excluding carboxylic acids is 1. The molecular formula is C19H16ClN5O2S. The molecule has 0 radical (unpaired) electrons. The van der Waals surface area contributed by atoms with Crippen molar-refractivity contribution in [2.45, 2.75) is 5.16 Å². The minimum atomic E-state index is -0.188. The van der Waals surface area contributed by atoms with Crippen LogP contribution in [0.4, 0.5) is 5.69 Å². The van der Waals surface area contributed by atoms with Gasteiger partial charge in [0.1, 0.15) is 11.3 Å². The summed E-state index contributed by atoms with van der Waals surface area (Å²) in [5.74, 6) is 0.518. The molecule has 0 fully saturated rings. The summed E-state index contributed by atoms with van der Waals surface area (Å²) < 4.78 is 7.08. The third-order valence-corrected chi connectivity index (χ3v) is 5.39. The van der Waals surface area contributed by atoms with E-state index < -0.39 is 0 Å². The van der Waals surface area contributed by atoms with Gasteiger partial charge in [-0.2, -0.15) is 0 Å². The van der Waals surface area contributed by atoms with Crippen LogP contribution in [0.3, 0.4) is 0 Å². The Morgan fingerprint density at radius 3 is 2.86 bits per heavy atom. The normalized spacial score (nSPS) is 11.1. The van der Waals surface area contributed by atoms with Gasteiger partial charge in [-0.15, -0.1) is 10.2 Å². The van der Waals surface area contributed by atoms with Crippen LogP contribution in [0.25, 0.3) is 22.1 Å². The van der Waals surface area contributed by atoms with Gasteiger partial charge in [0.2, 0.25) is 11.1 Å². The van der Waals surface area contributed by atoms with Crippen molar-refractivity contribution in [1.29, 1.82) is 0 Å². The fourth-order valence-corrected chi connectivity index (χ4v) is 3.76. The second-order valence-electron chi connectivity index (χ2n) is 6.03. The zero-order valence-corrected chi connectivity index (χ0v) is 16.7. The summed E-state index contributed by atoms with van der Waals surface area (Å²) in [7, 11) is 3.48. The number of para-hydroxylation sites is 1. The lowest BCUT2D eigenvalue weighted by Gasteiger charge is -2.07. The molecule has 2 aromatic heterocycles. The van der Waals surface area contributed by atoms with Crippen molar-refractivity contribution in [3.63, 3.8) is 0 Å². The fraction of sp³-hybridized carbons (Fsp3) is 0.158. The quantitative estimate of drug-likeness (QED) is 0.499. The lowest BCUT2D eigenvalue weighted by molar-refractivity contribution is -0.113. The monoisotopic (exact) mass is 413 g/mol. The number of carbonyl (C=O) groups is 1. The number of methoxy groups -OCH3 is 1. The molecule has 142 valence electrons. The van der Waals surface area contributed by atoms with Crippen molar-refractivity contribution >= 4 is 57.0 Å². The Morgan fingerprint density at radius 1 is 1.25 bits per heavy atom. The fourth-order valence-electron chi connectivity index (χ4n) is 2.92. The van der Waals surface area contributed by atoms with Gasteiger partial charge in [-0.25, -0.2) is 4.98 Å². The Bertz CT molecular complexity index is 1190. The van der Waals surface area contributed by atoms with Gasteiger partial charge in [-0.1, -0.05) is 41.6 Å². The number of rotatable bonds is 5. The number of aryl methyl sites for hydroxylation is 1. The van der Waals surface area contributed by atoms with E-state index in [0.29, 0.717) is 21.6 Å². The molecule has 0 saturated heterocycles. The maximum atomic E-state index is 12.2. The van der Waals surface area contributed by atoms with Crippen molar-refractivity contribution in [2.75, 3.05) is 18.2 Å². The Balaban J connectivity index is 1.48. The topological polar surface area (TPSA) is 81.9 Å². The van der Waals surface area contributed by atoms with Crippen molar-refractivity contribution in [1.82, 2.24) is 19.7 Å². The number of benzene rings is 2. The van der Waals surface area contributed by atoms with Crippen LogP contribution in [-0.4, -0.2) is 38.5 Å². The largest absolute Gasteiger partial charge is 0.495 e. The first-order valence-corrected chi connectivity index (χ1v) is 9.77. The summed E-state index contributed by atoms with van der Waals surface area (Å²) in [6.07, 6.45) is 0. The first-order valence-electron chi connectivity index (χ1n) is 8.41. The van der Waals surface area contributed by atoms with Gasteiger partial charge in [0.25, 0.3) is 0 Å². The van der Waals surface area contributed by atoms with Gasteiger partial charge in [0, 0.05) is 18.1 Å². The average molecular weight is 414 g/mol. The van der Waals surface area contributed by atoms with Crippen molar-refractivity contribution in [2.24, 2.45) is 7.05 Å². The SMILES string of the molecule is COc1ccc(NC(=O)CSc2nnc3c4ccccc4n(C)c3n2)cc1Cl. The maximum absolute atomic E-state index is 12.2. The Kier molecular flexibility index (Phi) is 5.06. The van der Waals surface area contributed by atoms with Crippen LogP contribution in [0.2, 0.25) is 5.02 Å². The van der Waals surface area contributed by atoms with Gasteiger partial charge in [-0.05, 0) is 24.3 Å². The second-order valence-corrected chi connectivity index (χ2v) is 7.38. The predicted molar refractivity (Wildman–Crippen MR) is 111 cm³/mol. The van der Waals surface area contributed by atoms with Gasteiger partial charge in [0.15, 0.2) is 5.65 Å². The molecule has 28 heavy (non-hydrogen) atoms. The molecule has 4 rings (SSSR count). The number of nitrogens with zero attached hydrogens (tertiary/aromatic N) is 4. The molecule has 2 heterocycles. The smallest absolute Gasteiger partial charge is 0.234 e. The molecule has 9 heteroatoms. The van der Waals surface area contributed by atoms with Gasteiger partial charge in [-0.3, -0.25) is 4.79 Å². The minimum Gasteiger partial charge on any atom is -0.495 e. The van der Waals surface area contributed by atoms with Crippen molar-refractivity contribution in [3.05, 3.63) is 47.5 Å². The van der Waals surface area contributed by atoms with Gasteiger partial charge >= 0.3 is 0 Å². The molecule has 0 aliphatic heterocycles. The highest BCUT2D eigenvalue weighted by atomic mass is 35.5. The summed E-state index contributed by atoms with van der Waals surface area (Å²) in [6.45, 7) is 0. The van der Waals surface area contributed by atoms with Crippen LogP contribution in [-0.2, 0) is 11.8 Å². The lowest BCUT2D eigenvalue weighted by atomic mass is 10.2. The van der Waals surface area contributed by atoms with Crippen LogP contribution < -0.4 is 10.1 Å². The van der Waals surface area contributed by atoms with E-state index in [1.807, 2.05) is 35.9 Å². The Morgan fingerprint density at radius 2 is 2.07 bits per heavy atom. The molecule has 1 amide bonds. The maximum Gasteiger partial charge on any atom is 0.234 e. The van der Waals surface area contributed by atoms with E-state index >= 15 is 0 Å². The number of hydrogen-bond acceptors (Lipinski definition) is 6. The third kappa shape index (κ3) is 3.48. The standard InChI is InChI=1S/C19H16ClN5O2S/c1-25-14-6-4-3-5-12(14)17-18(25)22-19(24-23-17)28-10-16(26)21-11-7-8-15(27-2)13(20)9-11/h3-9H,10H2,1-2H3,(H,21,26). The summed E-state index contributed by atoms with van der Waals surface area (Å²) in [5, 5.41) is 13.1. The molecule has 0 atom stereocenters. The number of anilines is 1. The third-order valence-electron chi connectivity index (χ3n) is 4.26. The number of halogens is 1. The van der Waals surface area contributed by atoms with E-state index in [1.54, 1.807) is 18.2 Å². The molecule has 2 aromatic carbocycles. The number of aromatic nitrogens is 4.